The molecule has 0 spiro atoms. The molecule has 0 aromatic heterocycles. The van der Waals surface area contributed by atoms with E-state index in [1.807, 2.05) is 0 Å². The summed E-state index contributed by atoms with van der Waals surface area (Å²) in [5.41, 5.74) is 1.53. The van der Waals surface area contributed by atoms with E-state index in [9.17, 15) is 4.79 Å². The minimum Gasteiger partial charge on any atom is -0.303 e. The van der Waals surface area contributed by atoms with Crippen LogP contribution in [0.4, 0.5) is 0 Å². The fourth-order valence-corrected chi connectivity index (χ4v) is 1.99. The van der Waals surface area contributed by atoms with Crippen molar-refractivity contribution in [2.24, 2.45) is 11.8 Å². The molecule has 14 heavy (non-hydrogen) atoms. The lowest BCUT2D eigenvalue weighted by Crippen LogP contribution is -2.10. The fraction of sp³-hybridized carbons (Fsp3) is 0.615. The van der Waals surface area contributed by atoms with Gasteiger partial charge in [-0.05, 0) is 38.5 Å². The Kier molecular flexibility index (Phi) is 4.64. The van der Waals surface area contributed by atoms with Crippen LogP contribution in [0.2, 0.25) is 0 Å². The van der Waals surface area contributed by atoms with Crippen LogP contribution in [-0.2, 0) is 4.79 Å². The van der Waals surface area contributed by atoms with Crippen LogP contribution in [0.25, 0.3) is 0 Å². The van der Waals surface area contributed by atoms with E-state index in [2.05, 4.69) is 32.1 Å². The van der Waals surface area contributed by atoms with Crippen LogP contribution in [0.15, 0.2) is 23.8 Å². The fourth-order valence-electron chi connectivity index (χ4n) is 1.99. The molecular weight excluding hydrogens is 172 g/mol. The lowest BCUT2D eigenvalue weighted by molar-refractivity contribution is -0.110. The van der Waals surface area contributed by atoms with E-state index in [1.165, 1.54) is 12.0 Å². The highest BCUT2D eigenvalue weighted by molar-refractivity contribution is 5.56. The maximum absolute atomic E-state index is 10.5. The van der Waals surface area contributed by atoms with Gasteiger partial charge in [0.2, 0.25) is 0 Å². The average molecular weight is 192 g/mol. The molecule has 0 saturated carbocycles. The summed E-state index contributed by atoms with van der Waals surface area (Å²) >= 11 is 0. The zero-order valence-electron chi connectivity index (χ0n) is 9.20. The van der Waals surface area contributed by atoms with Crippen LogP contribution in [-0.4, -0.2) is 6.29 Å². The first-order chi connectivity index (χ1) is 6.80. The topological polar surface area (TPSA) is 17.1 Å². The average Bonchev–Trinajstić information content (AvgIpc) is 2.26. The number of hydrogen-bond acceptors (Lipinski definition) is 1. The standard InChI is InChI=1S/C13H20O/c1-3-11(4-2)9-12-5-7-13(10-14)8-6-12/h3,5,7,10,12-13H,4,6,8-9H2,1-2H3/b11-3+. The Hall–Kier alpha value is -0.850. The van der Waals surface area contributed by atoms with Gasteiger partial charge in [0.05, 0.1) is 0 Å². The quantitative estimate of drug-likeness (QED) is 0.492. The zero-order chi connectivity index (χ0) is 10.4. The summed E-state index contributed by atoms with van der Waals surface area (Å²) in [5.74, 6) is 0.847. The van der Waals surface area contributed by atoms with E-state index in [-0.39, 0.29) is 5.92 Å². The van der Waals surface area contributed by atoms with Gasteiger partial charge in [-0.1, -0.05) is 30.7 Å². The highest BCUT2D eigenvalue weighted by atomic mass is 16.1. The summed E-state index contributed by atoms with van der Waals surface area (Å²) in [6.45, 7) is 4.32. The monoisotopic (exact) mass is 192 g/mol. The summed E-state index contributed by atoms with van der Waals surface area (Å²) in [6.07, 6.45) is 12.1. The molecule has 0 saturated heterocycles. The third-order valence-corrected chi connectivity index (χ3v) is 3.06. The first-order valence-electron chi connectivity index (χ1n) is 5.57. The Morgan fingerprint density at radius 3 is 2.64 bits per heavy atom. The van der Waals surface area contributed by atoms with Gasteiger partial charge in [-0.25, -0.2) is 0 Å². The molecule has 1 rings (SSSR count). The van der Waals surface area contributed by atoms with Crippen molar-refractivity contribution >= 4 is 6.29 Å². The van der Waals surface area contributed by atoms with Gasteiger partial charge in [0.25, 0.3) is 0 Å². The van der Waals surface area contributed by atoms with Gasteiger partial charge in [-0.2, -0.15) is 0 Å². The lowest BCUT2D eigenvalue weighted by Gasteiger charge is -2.20. The van der Waals surface area contributed by atoms with Gasteiger partial charge in [0, 0.05) is 5.92 Å². The molecule has 2 unspecified atom stereocenters. The molecule has 0 aromatic rings. The highest BCUT2D eigenvalue weighted by Crippen LogP contribution is 2.26. The second-order valence-corrected chi connectivity index (χ2v) is 4.03. The summed E-state index contributed by atoms with van der Waals surface area (Å²) in [7, 11) is 0. The van der Waals surface area contributed by atoms with E-state index in [0.29, 0.717) is 5.92 Å². The molecule has 0 fully saturated rings. The Labute approximate surface area is 86.9 Å². The molecule has 1 aliphatic rings. The van der Waals surface area contributed by atoms with Crippen molar-refractivity contribution in [3.63, 3.8) is 0 Å². The first kappa shape index (κ1) is 11.2. The summed E-state index contributed by atoms with van der Waals surface area (Å²) in [5, 5.41) is 0. The molecule has 0 radical (unpaired) electrons. The van der Waals surface area contributed by atoms with E-state index in [4.69, 9.17) is 0 Å². The van der Waals surface area contributed by atoms with E-state index < -0.39 is 0 Å². The van der Waals surface area contributed by atoms with Crippen LogP contribution in [0, 0.1) is 11.8 Å². The normalized spacial score (nSPS) is 27.7. The molecular formula is C13H20O. The number of rotatable bonds is 4. The Balaban J connectivity index is 2.45. The van der Waals surface area contributed by atoms with Crippen molar-refractivity contribution in [1.29, 1.82) is 0 Å². The van der Waals surface area contributed by atoms with Crippen LogP contribution in [0.5, 0.6) is 0 Å². The predicted octanol–water partition coefficient (Wildman–Crippen LogP) is 3.51. The van der Waals surface area contributed by atoms with Crippen molar-refractivity contribution < 1.29 is 4.79 Å². The third kappa shape index (κ3) is 3.13. The molecule has 1 nitrogen and oxygen atoms in total. The van der Waals surface area contributed by atoms with Crippen LogP contribution in [0.3, 0.4) is 0 Å². The number of carbonyl (C=O) groups is 1. The highest BCUT2D eigenvalue weighted by Gasteiger charge is 2.15. The number of aldehydes is 1. The second kappa shape index (κ2) is 5.79. The Bertz CT molecular complexity index is 238. The lowest BCUT2D eigenvalue weighted by atomic mass is 9.85. The Morgan fingerprint density at radius 1 is 1.43 bits per heavy atom. The zero-order valence-corrected chi connectivity index (χ0v) is 9.20. The summed E-state index contributed by atoms with van der Waals surface area (Å²) in [6, 6.07) is 0. The van der Waals surface area contributed by atoms with Crippen LogP contribution >= 0.6 is 0 Å². The van der Waals surface area contributed by atoms with Gasteiger partial charge >= 0.3 is 0 Å². The maximum Gasteiger partial charge on any atom is 0.126 e. The summed E-state index contributed by atoms with van der Waals surface area (Å²) < 4.78 is 0. The number of hydrogen-bond donors (Lipinski definition) is 0. The van der Waals surface area contributed by atoms with Crippen LogP contribution in [0.1, 0.15) is 39.5 Å². The van der Waals surface area contributed by atoms with Crippen molar-refractivity contribution in [3.05, 3.63) is 23.8 Å². The molecule has 2 atom stereocenters. The van der Waals surface area contributed by atoms with Gasteiger partial charge in [-0.3, -0.25) is 0 Å². The van der Waals surface area contributed by atoms with Gasteiger partial charge in [0.1, 0.15) is 6.29 Å². The second-order valence-electron chi connectivity index (χ2n) is 4.03. The van der Waals surface area contributed by atoms with E-state index >= 15 is 0 Å². The van der Waals surface area contributed by atoms with Crippen molar-refractivity contribution in [3.8, 4) is 0 Å². The SMILES string of the molecule is C/C=C(\CC)CC1C=CC(C=O)CC1. The third-order valence-electron chi connectivity index (χ3n) is 3.06. The Morgan fingerprint density at radius 2 is 2.21 bits per heavy atom. The molecule has 78 valence electrons. The largest absolute Gasteiger partial charge is 0.303 e. The van der Waals surface area contributed by atoms with Gasteiger partial charge < -0.3 is 4.79 Å². The minimum absolute atomic E-state index is 0.182. The smallest absolute Gasteiger partial charge is 0.126 e. The number of carbonyl (C=O) groups excluding carboxylic acids is 1. The summed E-state index contributed by atoms with van der Waals surface area (Å²) in [4.78, 5) is 10.5. The van der Waals surface area contributed by atoms with E-state index in [1.54, 1.807) is 0 Å². The molecule has 0 aliphatic heterocycles. The van der Waals surface area contributed by atoms with E-state index in [0.717, 1.165) is 25.5 Å². The molecule has 0 amide bonds. The molecule has 1 heteroatoms. The first-order valence-corrected chi connectivity index (χ1v) is 5.57. The molecule has 0 bridgehead atoms. The molecule has 1 aliphatic carbocycles. The van der Waals surface area contributed by atoms with Gasteiger partial charge in [0.15, 0.2) is 0 Å². The predicted molar refractivity (Wildman–Crippen MR) is 60.1 cm³/mol. The van der Waals surface area contributed by atoms with Crippen molar-refractivity contribution in [2.45, 2.75) is 39.5 Å². The molecule has 0 aromatic carbocycles. The molecule has 0 heterocycles. The minimum atomic E-state index is 0.182. The molecule has 0 N–H and O–H groups in total. The number of allylic oxidation sites excluding steroid dienone is 4. The maximum atomic E-state index is 10.5. The van der Waals surface area contributed by atoms with Crippen molar-refractivity contribution in [2.75, 3.05) is 0 Å². The van der Waals surface area contributed by atoms with Crippen LogP contribution < -0.4 is 0 Å². The van der Waals surface area contributed by atoms with Gasteiger partial charge in [-0.15, -0.1) is 0 Å². The van der Waals surface area contributed by atoms with Crippen molar-refractivity contribution in [1.82, 2.24) is 0 Å².